The van der Waals surface area contributed by atoms with E-state index in [1.807, 2.05) is 6.07 Å². The summed E-state index contributed by atoms with van der Waals surface area (Å²) >= 11 is 0. The normalized spacial score (nSPS) is 14.2. The van der Waals surface area contributed by atoms with Crippen molar-refractivity contribution in [1.29, 1.82) is 0 Å². The molecule has 2 heterocycles. The van der Waals surface area contributed by atoms with Gasteiger partial charge in [-0.2, -0.15) is 5.10 Å². The van der Waals surface area contributed by atoms with Gasteiger partial charge in [0.15, 0.2) is 5.69 Å². The fraction of sp³-hybridized carbons (Fsp3) is 0.320. The topological polar surface area (TPSA) is 73.7 Å². The van der Waals surface area contributed by atoms with Crippen LogP contribution in [0.5, 0.6) is 0 Å². The number of carbonyl (C=O) groups is 2. The molecule has 3 aromatic rings. The summed E-state index contributed by atoms with van der Waals surface area (Å²) in [6.07, 6.45) is 3.45. The Morgan fingerprint density at radius 1 is 0.970 bits per heavy atom. The van der Waals surface area contributed by atoms with Crippen molar-refractivity contribution in [3.63, 3.8) is 0 Å². The highest BCUT2D eigenvalue weighted by Gasteiger charge is 2.31. The number of halogens is 1. The van der Waals surface area contributed by atoms with Crippen LogP contribution in [0.15, 0.2) is 48.5 Å². The number of piperidine rings is 1. The minimum absolute atomic E-state index is 0.0728. The maximum Gasteiger partial charge on any atom is 0.357 e. The quantitative estimate of drug-likeness (QED) is 0.522. The maximum absolute atomic E-state index is 15.1. The predicted molar refractivity (Wildman–Crippen MR) is 121 cm³/mol. The Morgan fingerprint density at radius 2 is 1.67 bits per heavy atom. The molecule has 0 spiro atoms. The van der Waals surface area contributed by atoms with Crippen LogP contribution in [0.25, 0.3) is 16.9 Å². The molecule has 0 bridgehead atoms. The SMILES string of the molecule is COC(=O)c1c(-c2ccc(CN3CCCCC3)c(F)c2)nn(-c2ccccc2)c1C(=O)OC. The van der Waals surface area contributed by atoms with E-state index in [0.717, 1.165) is 25.9 Å². The van der Waals surface area contributed by atoms with Crippen LogP contribution in [-0.2, 0) is 16.0 Å². The van der Waals surface area contributed by atoms with Gasteiger partial charge in [-0.05, 0) is 44.1 Å². The summed E-state index contributed by atoms with van der Waals surface area (Å²) in [6.45, 7) is 2.44. The summed E-state index contributed by atoms with van der Waals surface area (Å²) in [5.41, 5.74) is 1.50. The minimum Gasteiger partial charge on any atom is -0.465 e. The van der Waals surface area contributed by atoms with Crippen molar-refractivity contribution in [2.24, 2.45) is 0 Å². The van der Waals surface area contributed by atoms with E-state index in [-0.39, 0.29) is 22.8 Å². The molecule has 0 saturated carbocycles. The number of nitrogens with zero attached hydrogens (tertiary/aromatic N) is 3. The zero-order valence-corrected chi connectivity index (χ0v) is 18.7. The van der Waals surface area contributed by atoms with E-state index in [9.17, 15) is 9.59 Å². The van der Waals surface area contributed by atoms with Gasteiger partial charge in [-0.3, -0.25) is 4.90 Å². The zero-order chi connectivity index (χ0) is 23.4. The number of methoxy groups -OCH3 is 2. The second-order valence-corrected chi connectivity index (χ2v) is 7.95. The van der Waals surface area contributed by atoms with Gasteiger partial charge in [-0.1, -0.05) is 36.8 Å². The van der Waals surface area contributed by atoms with Gasteiger partial charge in [0.1, 0.15) is 17.1 Å². The molecule has 0 N–H and O–H groups in total. The fourth-order valence-corrected chi connectivity index (χ4v) is 4.14. The van der Waals surface area contributed by atoms with Gasteiger partial charge in [0.05, 0.1) is 19.9 Å². The third kappa shape index (κ3) is 4.66. The molecule has 33 heavy (non-hydrogen) atoms. The average molecular weight is 451 g/mol. The third-order valence-electron chi connectivity index (χ3n) is 5.82. The second-order valence-electron chi connectivity index (χ2n) is 7.95. The lowest BCUT2D eigenvalue weighted by Gasteiger charge is -2.26. The molecular formula is C25H26FN3O4. The summed E-state index contributed by atoms with van der Waals surface area (Å²) in [5, 5.41) is 4.51. The van der Waals surface area contributed by atoms with E-state index in [1.165, 1.54) is 31.4 Å². The summed E-state index contributed by atoms with van der Waals surface area (Å²) < 4.78 is 26.3. The first-order chi connectivity index (χ1) is 16.0. The number of ether oxygens (including phenoxy) is 2. The van der Waals surface area contributed by atoms with E-state index >= 15 is 4.39 Å². The smallest absolute Gasteiger partial charge is 0.357 e. The minimum atomic E-state index is -0.759. The summed E-state index contributed by atoms with van der Waals surface area (Å²) in [5.74, 6) is -1.90. The van der Waals surface area contributed by atoms with Crippen LogP contribution in [0.3, 0.4) is 0 Å². The largest absolute Gasteiger partial charge is 0.465 e. The first-order valence-corrected chi connectivity index (χ1v) is 10.9. The van der Waals surface area contributed by atoms with E-state index in [0.29, 0.717) is 23.4 Å². The van der Waals surface area contributed by atoms with Crippen LogP contribution in [0, 0.1) is 5.82 Å². The molecule has 1 aliphatic rings. The molecule has 0 aliphatic carbocycles. The predicted octanol–water partition coefficient (Wildman–Crippen LogP) is 4.24. The molecule has 0 unspecified atom stereocenters. The number of carbonyl (C=O) groups excluding carboxylic acids is 2. The summed E-state index contributed by atoms with van der Waals surface area (Å²) in [7, 11) is 2.44. The van der Waals surface area contributed by atoms with Gasteiger partial charge in [-0.15, -0.1) is 0 Å². The van der Waals surface area contributed by atoms with Crippen LogP contribution in [0.4, 0.5) is 4.39 Å². The van der Waals surface area contributed by atoms with E-state index in [4.69, 9.17) is 9.47 Å². The molecule has 8 heteroatoms. The number of esters is 2. The van der Waals surface area contributed by atoms with Gasteiger partial charge in [0.25, 0.3) is 0 Å². The molecule has 172 valence electrons. The number of aromatic nitrogens is 2. The number of hydrogen-bond acceptors (Lipinski definition) is 6. The summed E-state index contributed by atoms with van der Waals surface area (Å²) in [4.78, 5) is 27.6. The van der Waals surface area contributed by atoms with Gasteiger partial charge in [0.2, 0.25) is 0 Å². The molecule has 1 aromatic heterocycles. The monoisotopic (exact) mass is 451 g/mol. The van der Waals surface area contributed by atoms with Crippen molar-refractivity contribution in [1.82, 2.24) is 14.7 Å². The Labute approximate surface area is 191 Å². The zero-order valence-electron chi connectivity index (χ0n) is 18.7. The van der Waals surface area contributed by atoms with Crippen LogP contribution in [0.2, 0.25) is 0 Å². The molecule has 0 amide bonds. The molecule has 4 rings (SSSR count). The summed E-state index contributed by atoms with van der Waals surface area (Å²) in [6, 6.07) is 13.6. The molecular weight excluding hydrogens is 425 g/mol. The molecule has 1 fully saturated rings. The number of para-hydroxylation sites is 1. The third-order valence-corrected chi connectivity index (χ3v) is 5.82. The van der Waals surface area contributed by atoms with Crippen LogP contribution < -0.4 is 0 Å². The molecule has 2 aromatic carbocycles. The van der Waals surface area contributed by atoms with Gasteiger partial charge in [0, 0.05) is 17.7 Å². The number of hydrogen-bond donors (Lipinski definition) is 0. The van der Waals surface area contributed by atoms with Crippen molar-refractivity contribution in [2.75, 3.05) is 27.3 Å². The van der Waals surface area contributed by atoms with Crippen LogP contribution in [0.1, 0.15) is 45.7 Å². The standard InChI is InChI=1S/C25H26FN3O4/c1-32-24(30)21-22(27-29(23(21)25(31)33-2)19-9-5-3-6-10-19)17-11-12-18(20(26)15-17)16-28-13-7-4-8-14-28/h3,5-6,9-12,15H,4,7-8,13-14,16H2,1-2H3. The molecule has 0 atom stereocenters. The number of rotatable bonds is 6. The molecule has 0 radical (unpaired) electrons. The Kier molecular flexibility index (Phi) is 6.84. The first-order valence-electron chi connectivity index (χ1n) is 10.9. The lowest BCUT2D eigenvalue weighted by Crippen LogP contribution is -2.29. The number of likely N-dealkylation sites (tertiary alicyclic amines) is 1. The fourth-order valence-electron chi connectivity index (χ4n) is 4.14. The first kappa shape index (κ1) is 22.7. The molecule has 1 aliphatic heterocycles. The maximum atomic E-state index is 15.1. The Balaban J connectivity index is 1.81. The van der Waals surface area contributed by atoms with Crippen molar-refractivity contribution in [3.05, 3.63) is 71.2 Å². The highest BCUT2D eigenvalue weighted by atomic mass is 19.1. The molecule has 1 saturated heterocycles. The van der Waals surface area contributed by atoms with Gasteiger partial charge in [-0.25, -0.2) is 18.7 Å². The highest BCUT2D eigenvalue weighted by molar-refractivity contribution is 6.06. The van der Waals surface area contributed by atoms with Crippen molar-refractivity contribution in [2.45, 2.75) is 25.8 Å². The van der Waals surface area contributed by atoms with E-state index in [1.54, 1.807) is 36.4 Å². The number of benzene rings is 2. The van der Waals surface area contributed by atoms with Crippen LogP contribution in [-0.4, -0.2) is 53.9 Å². The van der Waals surface area contributed by atoms with E-state index < -0.39 is 11.9 Å². The average Bonchev–Trinajstić information content (AvgIpc) is 3.26. The Bertz CT molecular complexity index is 1150. The lowest BCUT2D eigenvalue weighted by atomic mass is 10.0. The lowest BCUT2D eigenvalue weighted by molar-refractivity contribution is 0.0549. The van der Waals surface area contributed by atoms with E-state index in [2.05, 4.69) is 10.00 Å². The van der Waals surface area contributed by atoms with Gasteiger partial charge < -0.3 is 9.47 Å². The Morgan fingerprint density at radius 3 is 2.30 bits per heavy atom. The van der Waals surface area contributed by atoms with Gasteiger partial charge >= 0.3 is 11.9 Å². The van der Waals surface area contributed by atoms with Crippen molar-refractivity contribution in [3.8, 4) is 16.9 Å². The Hall–Kier alpha value is -3.52. The molecule has 7 nitrogen and oxygen atoms in total. The van der Waals surface area contributed by atoms with Crippen LogP contribution >= 0.6 is 0 Å². The highest BCUT2D eigenvalue weighted by Crippen LogP contribution is 2.30. The van der Waals surface area contributed by atoms with Crippen molar-refractivity contribution < 1.29 is 23.5 Å². The second kappa shape index (κ2) is 9.95. The van der Waals surface area contributed by atoms with Crippen molar-refractivity contribution >= 4 is 11.9 Å².